The number of ketones is 1. The summed E-state index contributed by atoms with van der Waals surface area (Å²) in [5, 5.41) is 16.3. The second kappa shape index (κ2) is 4.50. The lowest BCUT2D eigenvalue weighted by Crippen LogP contribution is -2.36. The first kappa shape index (κ1) is 13.0. The summed E-state index contributed by atoms with van der Waals surface area (Å²) in [6.07, 6.45) is -0.411. The van der Waals surface area contributed by atoms with E-state index in [0.717, 1.165) is 6.07 Å². The van der Waals surface area contributed by atoms with Crippen LogP contribution in [0.3, 0.4) is 0 Å². The zero-order valence-electron chi connectivity index (χ0n) is 10.2. The van der Waals surface area contributed by atoms with Gasteiger partial charge in [0.05, 0.1) is 6.42 Å². The highest BCUT2D eigenvalue weighted by molar-refractivity contribution is 7.08. The van der Waals surface area contributed by atoms with E-state index in [1.165, 1.54) is 23.5 Å². The number of fused-ring (bicyclic) bond motifs is 1. The molecule has 1 amide bonds. The fraction of sp³-hybridized carbons (Fsp3) is 0.143. The maximum Gasteiger partial charge on any atom is 0.261 e. The van der Waals surface area contributed by atoms with Crippen LogP contribution in [0.1, 0.15) is 22.3 Å². The first-order valence-electron chi connectivity index (χ1n) is 5.90. The summed E-state index contributed by atoms with van der Waals surface area (Å²) in [6.45, 7) is 0. The Morgan fingerprint density at radius 1 is 1.40 bits per heavy atom. The van der Waals surface area contributed by atoms with Crippen molar-refractivity contribution in [3.05, 3.63) is 52.0 Å². The number of rotatable bonds is 3. The van der Waals surface area contributed by atoms with Crippen LogP contribution in [0.5, 0.6) is 0 Å². The molecule has 0 radical (unpaired) electrons. The van der Waals surface area contributed by atoms with E-state index in [1.807, 2.05) is 0 Å². The number of aliphatic hydroxyl groups is 1. The van der Waals surface area contributed by atoms with Gasteiger partial charge in [-0.1, -0.05) is 0 Å². The van der Waals surface area contributed by atoms with Gasteiger partial charge >= 0.3 is 0 Å². The lowest BCUT2D eigenvalue weighted by molar-refractivity contribution is -0.133. The van der Waals surface area contributed by atoms with Gasteiger partial charge in [0.2, 0.25) is 0 Å². The Morgan fingerprint density at radius 3 is 2.90 bits per heavy atom. The summed E-state index contributed by atoms with van der Waals surface area (Å²) in [7, 11) is 0. The van der Waals surface area contributed by atoms with Crippen LogP contribution in [0.4, 0.5) is 10.1 Å². The lowest BCUT2D eigenvalue weighted by atomic mass is 9.88. The predicted octanol–water partition coefficient (Wildman–Crippen LogP) is 2.30. The summed E-state index contributed by atoms with van der Waals surface area (Å²) in [6, 6.07) is 5.25. The van der Waals surface area contributed by atoms with Crippen LogP contribution in [0, 0.1) is 5.82 Å². The number of Topliss-reactive ketones (excluding diaryl/α,β-unsaturated/α-hetero) is 1. The number of hydrogen-bond donors (Lipinski definition) is 2. The number of amides is 1. The van der Waals surface area contributed by atoms with Crippen LogP contribution < -0.4 is 5.32 Å². The molecule has 2 aromatic rings. The van der Waals surface area contributed by atoms with Gasteiger partial charge < -0.3 is 10.4 Å². The molecule has 4 nitrogen and oxygen atoms in total. The van der Waals surface area contributed by atoms with Crippen LogP contribution in [0.15, 0.2) is 35.0 Å². The lowest BCUT2D eigenvalue weighted by Gasteiger charge is -2.19. The van der Waals surface area contributed by atoms with Crippen molar-refractivity contribution in [2.45, 2.75) is 12.0 Å². The smallest absolute Gasteiger partial charge is 0.261 e. The molecule has 0 saturated heterocycles. The fourth-order valence-corrected chi connectivity index (χ4v) is 2.91. The Labute approximate surface area is 117 Å². The van der Waals surface area contributed by atoms with Crippen molar-refractivity contribution in [3.8, 4) is 0 Å². The first-order chi connectivity index (χ1) is 9.50. The molecule has 0 spiro atoms. The van der Waals surface area contributed by atoms with E-state index in [2.05, 4.69) is 5.32 Å². The van der Waals surface area contributed by atoms with E-state index in [4.69, 9.17) is 0 Å². The zero-order valence-corrected chi connectivity index (χ0v) is 11.0. The highest BCUT2D eigenvalue weighted by atomic mass is 32.1. The van der Waals surface area contributed by atoms with Crippen LogP contribution in [0.2, 0.25) is 0 Å². The fourth-order valence-electron chi connectivity index (χ4n) is 2.25. The van der Waals surface area contributed by atoms with Gasteiger partial charge in [0.1, 0.15) is 5.82 Å². The van der Waals surface area contributed by atoms with Crippen LogP contribution in [-0.2, 0) is 10.4 Å². The van der Waals surface area contributed by atoms with E-state index >= 15 is 0 Å². The standard InChI is InChI=1S/C14H10FNO3S/c15-9-1-2-11-10(5-9)14(19,13(18)16-11)6-12(17)8-3-4-20-7-8/h1-5,7,19H,6H2,(H,16,18). The topological polar surface area (TPSA) is 66.4 Å². The number of anilines is 1. The molecule has 2 heterocycles. The van der Waals surface area contributed by atoms with Crippen molar-refractivity contribution < 1.29 is 19.1 Å². The van der Waals surface area contributed by atoms with E-state index in [9.17, 15) is 19.1 Å². The highest BCUT2D eigenvalue weighted by Crippen LogP contribution is 2.39. The molecule has 1 atom stereocenters. The molecule has 20 heavy (non-hydrogen) atoms. The quantitative estimate of drug-likeness (QED) is 0.853. The Morgan fingerprint density at radius 2 is 2.20 bits per heavy atom. The minimum absolute atomic E-state index is 0.103. The summed E-state index contributed by atoms with van der Waals surface area (Å²) in [5.74, 6) is -1.63. The molecule has 2 N–H and O–H groups in total. The van der Waals surface area contributed by atoms with E-state index < -0.39 is 23.7 Å². The van der Waals surface area contributed by atoms with E-state index in [0.29, 0.717) is 11.3 Å². The van der Waals surface area contributed by atoms with Crippen molar-refractivity contribution in [3.63, 3.8) is 0 Å². The van der Waals surface area contributed by atoms with Crippen molar-refractivity contribution in [2.75, 3.05) is 5.32 Å². The maximum atomic E-state index is 13.3. The van der Waals surface area contributed by atoms with Crippen molar-refractivity contribution in [1.29, 1.82) is 0 Å². The van der Waals surface area contributed by atoms with Crippen LogP contribution in [0.25, 0.3) is 0 Å². The molecule has 0 saturated carbocycles. The average Bonchev–Trinajstić information content (AvgIpc) is 3.00. The number of thiophene rings is 1. The molecule has 102 valence electrons. The van der Waals surface area contributed by atoms with Crippen molar-refractivity contribution in [1.82, 2.24) is 0 Å². The van der Waals surface area contributed by atoms with E-state index in [1.54, 1.807) is 16.8 Å². The number of nitrogens with one attached hydrogen (secondary N) is 1. The average molecular weight is 291 g/mol. The van der Waals surface area contributed by atoms with Gasteiger partial charge in [-0.3, -0.25) is 9.59 Å². The zero-order chi connectivity index (χ0) is 14.3. The molecule has 3 rings (SSSR count). The van der Waals surface area contributed by atoms with Gasteiger partial charge in [-0.05, 0) is 29.6 Å². The summed E-state index contributed by atoms with van der Waals surface area (Å²) < 4.78 is 13.3. The molecule has 0 bridgehead atoms. The monoisotopic (exact) mass is 291 g/mol. The van der Waals surface area contributed by atoms with Crippen LogP contribution in [-0.4, -0.2) is 16.8 Å². The Bertz CT molecular complexity index is 698. The number of carbonyl (C=O) groups excluding carboxylic acids is 2. The second-order valence-corrected chi connectivity index (χ2v) is 5.40. The summed E-state index contributed by atoms with van der Waals surface area (Å²) in [5.41, 5.74) is -1.15. The SMILES string of the molecule is O=C(CC1(O)C(=O)Nc2ccc(F)cc21)c1ccsc1. The highest BCUT2D eigenvalue weighted by Gasteiger charge is 2.47. The molecule has 1 aliphatic rings. The Hall–Kier alpha value is -2.05. The second-order valence-electron chi connectivity index (χ2n) is 4.62. The molecule has 6 heteroatoms. The summed E-state index contributed by atoms with van der Waals surface area (Å²) >= 11 is 1.35. The van der Waals surface area contributed by atoms with Gasteiger partial charge in [-0.25, -0.2) is 4.39 Å². The molecule has 1 aliphatic heterocycles. The van der Waals surface area contributed by atoms with Gasteiger partial charge in [-0.15, -0.1) is 0 Å². The Balaban J connectivity index is 1.98. The molecular weight excluding hydrogens is 281 g/mol. The normalized spacial score (nSPS) is 20.6. The third kappa shape index (κ3) is 1.93. The van der Waals surface area contributed by atoms with Gasteiger partial charge in [0.25, 0.3) is 5.91 Å². The molecule has 1 aromatic heterocycles. The molecular formula is C14H10FNO3S. The van der Waals surface area contributed by atoms with Gasteiger partial charge in [0.15, 0.2) is 11.4 Å². The number of halogens is 1. The third-order valence-corrected chi connectivity index (χ3v) is 3.99. The number of benzene rings is 1. The van der Waals surface area contributed by atoms with E-state index in [-0.39, 0.29) is 11.3 Å². The minimum Gasteiger partial charge on any atom is -0.375 e. The molecule has 0 aliphatic carbocycles. The predicted molar refractivity (Wildman–Crippen MR) is 72.2 cm³/mol. The molecule has 1 unspecified atom stereocenters. The first-order valence-corrected chi connectivity index (χ1v) is 6.84. The summed E-state index contributed by atoms with van der Waals surface area (Å²) in [4.78, 5) is 24.0. The Kier molecular flexibility index (Phi) is 2.92. The minimum atomic E-state index is -2.02. The number of carbonyl (C=O) groups is 2. The molecule has 1 aromatic carbocycles. The van der Waals surface area contributed by atoms with Gasteiger partial charge in [0, 0.05) is 22.2 Å². The molecule has 0 fully saturated rings. The largest absolute Gasteiger partial charge is 0.375 e. The van der Waals surface area contributed by atoms with Crippen molar-refractivity contribution in [2.24, 2.45) is 0 Å². The third-order valence-electron chi connectivity index (χ3n) is 3.31. The van der Waals surface area contributed by atoms with Gasteiger partial charge in [-0.2, -0.15) is 11.3 Å². The number of hydrogen-bond acceptors (Lipinski definition) is 4. The van der Waals surface area contributed by atoms with Crippen molar-refractivity contribution >= 4 is 28.7 Å². The van der Waals surface area contributed by atoms with Crippen LogP contribution >= 0.6 is 11.3 Å². The maximum absolute atomic E-state index is 13.3.